The molecule has 0 saturated carbocycles. The van der Waals surface area contributed by atoms with Crippen LogP contribution in [0.4, 0.5) is 5.69 Å². The van der Waals surface area contributed by atoms with Crippen molar-refractivity contribution in [3.63, 3.8) is 0 Å². The number of methoxy groups -OCH3 is 1. The highest BCUT2D eigenvalue weighted by molar-refractivity contribution is 14.1. The molecule has 0 aromatic heterocycles. The summed E-state index contributed by atoms with van der Waals surface area (Å²) in [7, 11) is 1.54. The van der Waals surface area contributed by atoms with Crippen molar-refractivity contribution in [3.8, 4) is 11.5 Å². The molecule has 4 rings (SSSR count). The van der Waals surface area contributed by atoms with Crippen LogP contribution in [-0.2, 0) is 16.2 Å². The zero-order valence-electron chi connectivity index (χ0n) is 19.4. The Morgan fingerprint density at radius 3 is 2.40 bits per heavy atom. The molecule has 8 heteroatoms. The number of thiocarbonyl (C=S) groups is 1. The Bertz CT molecular complexity index is 1350. The largest absolute Gasteiger partial charge is 0.493 e. The Morgan fingerprint density at radius 2 is 1.71 bits per heavy atom. The molecule has 0 aliphatic carbocycles. The van der Waals surface area contributed by atoms with Crippen molar-refractivity contribution in [3.05, 3.63) is 92.1 Å². The van der Waals surface area contributed by atoms with Crippen LogP contribution in [0.25, 0.3) is 6.08 Å². The molecule has 0 radical (unpaired) electrons. The number of carbonyl (C=O) groups excluding carboxylic acids is 2. The summed E-state index contributed by atoms with van der Waals surface area (Å²) in [4.78, 5) is 27.3. The maximum atomic E-state index is 13.3. The molecule has 0 spiro atoms. The van der Waals surface area contributed by atoms with Crippen LogP contribution in [0.3, 0.4) is 0 Å². The van der Waals surface area contributed by atoms with E-state index in [9.17, 15) is 9.59 Å². The van der Waals surface area contributed by atoms with Crippen molar-refractivity contribution in [1.29, 1.82) is 0 Å². The minimum Gasteiger partial charge on any atom is -0.493 e. The number of nitrogens with zero attached hydrogens (tertiary/aromatic N) is 1. The Hall–Kier alpha value is -3.24. The smallest absolute Gasteiger partial charge is 0.270 e. The summed E-state index contributed by atoms with van der Waals surface area (Å²) in [5, 5.41) is 2.67. The Morgan fingerprint density at radius 1 is 0.971 bits per heavy atom. The van der Waals surface area contributed by atoms with Crippen LogP contribution in [-0.4, -0.2) is 24.0 Å². The van der Waals surface area contributed by atoms with Crippen molar-refractivity contribution in [2.24, 2.45) is 0 Å². The van der Waals surface area contributed by atoms with Crippen molar-refractivity contribution in [2.75, 3.05) is 12.0 Å². The van der Waals surface area contributed by atoms with Gasteiger partial charge in [-0.2, -0.15) is 0 Å². The number of hydrogen-bond donors (Lipinski definition) is 1. The number of hydrogen-bond acceptors (Lipinski definition) is 5. The lowest BCUT2D eigenvalue weighted by molar-refractivity contribution is -0.122. The van der Waals surface area contributed by atoms with Crippen molar-refractivity contribution in [2.45, 2.75) is 20.5 Å². The van der Waals surface area contributed by atoms with E-state index in [1.54, 1.807) is 25.3 Å². The molecular weight excluding hydrogens is 575 g/mol. The van der Waals surface area contributed by atoms with Crippen LogP contribution >= 0.6 is 34.8 Å². The number of amides is 2. The lowest BCUT2D eigenvalue weighted by Crippen LogP contribution is -2.54. The third-order valence-electron chi connectivity index (χ3n) is 5.66. The van der Waals surface area contributed by atoms with Crippen LogP contribution < -0.4 is 19.7 Å². The molecule has 1 fully saturated rings. The van der Waals surface area contributed by atoms with Crippen LogP contribution in [0.15, 0.2) is 66.2 Å². The van der Waals surface area contributed by atoms with Gasteiger partial charge >= 0.3 is 0 Å². The van der Waals surface area contributed by atoms with Gasteiger partial charge in [-0.1, -0.05) is 24.3 Å². The molecule has 3 aromatic rings. The van der Waals surface area contributed by atoms with Gasteiger partial charge in [0.25, 0.3) is 11.8 Å². The monoisotopic (exact) mass is 598 g/mol. The second-order valence-electron chi connectivity index (χ2n) is 8.05. The van der Waals surface area contributed by atoms with Crippen LogP contribution in [0.5, 0.6) is 11.5 Å². The molecule has 0 bridgehead atoms. The molecule has 1 N–H and O–H groups in total. The van der Waals surface area contributed by atoms with Gasteiger partial charge in [-0.3, -0.25) is 19.8 Å². The minimum atomic E-state index is -0.543. The summed E-state index contributed by atoms with van der Waals surface area (Å²) < 4.78 is 12.6. The molecule has 178 valence electrons. The molecule has 0 unspecified atom stereocenters. The SMILES string of the molecule is COc1cc(/C=C2\C(=O)NC(=S)N(c3ccc(C)c(C)c3)C2=O)ccc1OCc1ccc(I)cc1. The Labute approximate surface area is 223 Å². The molecule has 2 amide bonds. The van der Waals surface area contributed by atoms with E-state index in [4.69, 9.17) is 21.7 Å². The normalized spacial score (nSPS) is 14.8. The number of benzene rings is 3. The number of anilines is 1. The maximum absolute atomic E-state index is 13.3. The van der Waals surface area contributed by atoms with Crippen LogP contribution in [0.2, 0.25) is 0 Å². The summed E-state index contributed by atoms with van der Waals surface area (Å²) in [5.74, 6) is 0.0266. The molecule has 35 heavy (non-hydrogen) atoms. The summed E-state index contributed by atoms with van der Waals surface area (Å²) in [6.45, 7) is 4.33. The van der Waals surface area contributed by atoms with Gasteiger partial charge < -0.3 is 9.47 Å². The number of ether oxygens (including phenoxy) is 2. The Kier molecular flexibility index (Phi) is 7.51. The Balaban J connectivity index is 1.59. The number of nitrogens with one attached hydrogen (secondary N) is 1. The van der Waals surface area contributed by atoms with Gasteiger partial charge in [0.1, 0.15) is 12.2 Å². The summed E-state index contributed by atoms with van der Waals surface area (Å²) in [5.41, 5.74) is 4.35. The van der Waals surface area contributed by atoms with Gasteiger partial charge in [-0.25, -0.2) is 0 Å². The number of carbonyl (C=O) groups is 2. The van der Waals surface area contributed by atoms with E-state index in [0.29, 0.717) is 29.4 Å². The zero-order valence-corrected chi connectivity index (χ0v) is 22.4. The van der Waals surface area contributed by atoms with Crippen molar-refractivity contribution in [1.82, 2.24) is 5.32 Å². The van der Waals surface area contributed by atoms with Gasteiger partial charge in [0, 0.05) is 3.57 Å². The van der Waals surface area contributed by atoms with E-state index in [1.165, 1.54) is 11.0 Å². The molecule has 3 aromatic carbocycles. The quantitative estimate of drug-likeness (QED) is 0.180. The average Bonchev–Trinajstić information content (AvgIpc) is 2.83. The maximum Gasteiger partial charge on any atom is 0.270 e. The fourth-order valence-corrected chi connectivity index (χ4v) is 4.20. The standard InChI is InChI=1S/C27H23IN2O4S/c1-16-4-10-21(12-17(16)2)30-26(32)22(25(31)29-27(30)35)13-19-7-11-23(24(14-19)33-3)34-15-18-5-8-20(28)9-6-18/h4-14H,15H2,1-3H3,(H,29,31,35)/b22-13+. The van der Waals surface area contributed by atoms with Crippen LogP contribution in [0, 0.1) is 17.4 Å². The fourth-order valence-electron chi connectivity index (χ4n) is 3.56. The average molecular weight is 598 g/mol. The molecule has 0 atom stereocenters. The highest BCUT2D eigenvalue weighted by Gasteiger charge is 2.34. The summed E-state index contributed by atoms with van der Waals surface area (Å²) >= 11 is 7.55. The highest BCUT2D eigenvalue weighted by Crippen LogP contribution is 2.31. The second kappa shape index (κ2) is 10.6. The predicted molar refractivity (Wildman–Crippen MR) is 149 cm³/mol. The van der Waals surface area contributed by atoms with Gasteiger partial charge in [-0.05, 0) is 113 Å². The van der Waals surface area contributed by atoms with Crippen molar-refractivity contribution >= 4 is 63.5 Å². The van der Waals surface area contributed by atoms with E-state index < -0.39 is 11.8 Å². The first-order valence-electron chi connectivity index (χ1n) is 10.8. The molecular formula is C27H23IN2O4S. The minimum absolute atomic E-state index is 0.0218. The first-order valence-corrected chi connectivity index (χ1v) is 12.3. The fraction of sp³-hybridized carbons (Fsp3) is 0.148. The summed E-state index contributed by atoms with van der Waals surface area (Å²) in [6.07, 6.45) is 1.53. The van der Waals surface area contributed by atoms with Gasteiger partial charge in [0.05, 0.1) is 12.8 Å². The third kappa shape index (κ3) is 5.54. The van der Waals surface area contributed by atoms with E-state index in [2.05, 4.69) is 27.9 Å². The first kappa shape index (κ1) is 24.9. The number of halogens is 1. The van der Waals surface area contributed by atoms with E-state index in [1.807, 2.05) is 56.3 Å². The van der Waals surface area contributed by atoms with E-state index in [0.717, 1.165) is 20.3 Å². The van der Waals surface area contributed by atoms with E-state index in [-0.39, 0.29) is 10.7 Å². The molecule has 6 nitrogen and oxygen atoms in total. The van der Waals surface area contributed by atoms with Gasteiger partial charge in [0.15, 0.2) is 16.6 Å². The lowest BCUT2D eigenvalue weighted by Gasteiger charge is -2.29. The molecule has 1 saturated heterocycles. The lowest BCUT2D eigenvalue weighted by atomic mass is 10.0. The summed E-state index contributed by atoms with van der Waals surface area (Å²) in [6, 6.07) is 18.9. The van der Waals surface area contributed by atoms with Crippen LogP contribution in [0.1, 0.15) is 22.3 Å². The first-order chi connectivity index (χ1) is 16.8. The predicted octanol–water partition coefficient (Wildman–Crippen LogP) is 5.33. The number of rotatable bonds is 6. The second-order valence-corrected chi connectivity index (χ2v) is 9.68. The highest BCUT2D eigenvalue weighted by atomic mass is 127. The number of aryl methyl sites for hydroxylation is 2. The van der Waals surface area contributed by atoms with Crippen molar-refractivity contribution < 1.29 is 19.1 Å². The third-order valence-corrected chi connectivity index (χ3v) is 6.66. The topological polar surface area (TPSA) is 67.9 Å². The van der Waals surface area contributed by atoms with Gasteiger partial charge in [0.2, 0.25) is 0 Å². The van der Waals surface area contributed by atoms with Gasteiger partial charge in [-0.15, -0.1) is 0 Å². The van der Waals surface area contributed by atoms with E-state index >= 15 is 0 Å². The zero-order chi connectivity index (χ0) is 25.1. The molecule has 1 aliphatic heterocycles. The molecule has 1 heterocycles. The molecule has 1 aliphatic rings.